The molecular weight excluding hydrogens is 408 g/mol. The molecule has 1 aliphatic heterocycles. The van der Waals surface area contributed by atoms with E-state index in [1.807, 2.05) is 0 Å². The van der Waals surface area contributed by atoms with E-state index >= 15 is 0 Å². The van der Waals surface area contributed by atoms with Gasteiger partial charge in [0.05, 0.1) is 25.5 Å². The van der Waals surface area contributed by atoms with Gasteiger partial charge >= 0.3 is 6.01 Å². The number of nitrogen functional groups attached to an aromatic ring is 1. The lowest BCUT2D eigenvalue weighted by Crippen LogP contribution is -2.43. The molecule has 162 valence electrons. The average Bonchev–Trinajstić information content (AvgIpc) is 3.42. The van der Waals surface area contributed by atoms with Gasteiger partial charge in [-0.1, -0.05) is 0 Å². The number of hydrogen-bond donors (Lipinski definition) is 5. The van der Waals surface area contributed by atoms with Crippen LogP contribution in [0, 0.1) is 0 Å². The summed E-state index contributed by atoms with van der Waals surface area (Å²) in [6.45, 7) is 2.14. The zero-order valence-corrected chi connectivity index (χ0v) is 16.4. The van der Waals surface area contributed by atoms with Crippen LogP contribution >= 0.6 is 0 Å². The summed E-state index contributed by atoms with van der Waals surface area (Å²) in [5.74, 6) is 0.209. The Labute approximate surface area is 174 Å². The van der Waals surface area contributed by atoms with E-state index in [0.29, 0.717) is 22.3 Å². The van der Waals surface area contributed by atoms with Crippen molar-refractivity contribution in [2.75, 3.05) is 12.3 Å². The third-order valence-electron chi connectivity index (χ3n) is 5.46. The van der Waals surface area contributed by atoms with Gasteiger partial charge < -0.3 is 30.4 Å². The standard InChI is InChI=1S/C17H20N10O4/c1-17(27-7-24-10-13(18)21-4-22-15(10)27)12(29)11(28)9(31-17)3-19-5-26-6-23-8-2-20-16(30)25-14(8)26/h2,4,6-7,9,11-12,19,28-29H,3,5H2,1H3,(H2,18,21,22)(H,20,25,30). The maximum Gasteiger partial charge on any atom is 0.315 e. The summed E-state index contributed by atoms with van der Waals surface area (Å²) >= 11 is 0. The molecule has 0 amide bonds. The first kappa shape index (κ1) is 19.5. The largest absolute Gasteiger partial charge is 0.479 e. The number of fused-ring (bicyclic) bond motifs is 2. The van der Waals surface area contributed by atoms with Crippen molar-refractivity contribution < 1.29 is 20.1 Å². The number of aromatic nitrogens is 8. The molecule has 4 aromatic rings. The van der Waals surface area contributed by atoms with Crippen LogP contribution < -0.4 is 11.1 Å². The fourth-order valence-corrected chi connectivity index (χ4v) is 3.80. The van der Waals surface area contributed by atoms with Crippen LogP contribution in [0.3, 0.4) is 0 Å². The van der Waals surface area contributed by atoms with Crippen LogP contribution in [0.2, 0.25) is 0 Å². The van der Waals surface area contributed by atoms with Crippen molar-refractivity contribution in [3.05, 3.63) is 25.2 Å². The molecule has 1 saturated heterocycles. The molecule has 0 spiro atoms. The number of hydrogen-bond acceptors (Lipinski definition) is 12. The first-order valence-corrected chi connectivity index (χ1v) is 9.44. The van der Waals surface area contributed by atoms with Gasteiger partial charge in [-0.25, -0.2) is 24.9 Å². The summed E-state index contributed by atoms with van der Waals surface area (Å²) in [5, 5.41) is 34.0. The molecule has 6 N–H and O–H groups in total. The fourth-order valence-electron chi connectivity index (χ4n) is 3.80. The Kier molecular flexibility index (Phi) is 4.44. The molecular formula is C17H20N10O4. The van der Waals surface area contributed by atoms with E-state index in [9.17, 15) is 15.3 Å². The second-order valence-electron chi connectivity index (χ2n) is 7.40. The highest BCUT2D eigenvalue weighted by Gasteiger charge is 2.52. The minimum absolute atomic E-state index is 0.209. The third kappa shape index (κ3) is 3.04. The molecule has 0 bridgehead atoms. The summed E-state index contributed by atoms with van der Waals surface area (Å²) < 4.78 is 9.28. The molecule has 0 aliphatic carbocycles. The molecule has 4 atom stereocenters. The van der Waals surface area contributed by atoms with E-state index in [0.717, 1.165) is 0 Å². The van der Waals surface area contributed by atoms with E-state index in [2.05, 4.69) is 35.2 Å². The van der Waals surface area contributed by atoms with E-state index in [1.54, 1.807) is 17.8 Å². The minimum atomic E-state index is -1.32. The lowest BCUT2D eigenvalue weighted by atomic mass is 10.0. The van der Waals surface area contributed by atoms with Crippen LogP contribution in [0.1, 0.15) is 6.92 Å². The Hall–Kier alpha value is -3.46. The first-order chi connectivity index (χ1) is 14.9. The van der Waals surface area contributed by atoms with Crippen molar-refractivity contribution in [1.29, 1.82) is 0 Å². The Morgan fingerprint density at radius 1 is 1.16 bits per heavy atom. The Morgan fingerprint density at radius 2 is 2.00 bits per heavy atom. The molecule has 4 unspecified atom stereocenters. The number of imidazole rings is 2. The number of rotatable bonds is 5. The van der Waals surface area contributed by atoms with Crippen molar-refractivity contribution in [2.24, 2.45) is 0 Å². The lowest BCUT2D eigenvalue weighted by Gasteiger charge is -2.29. The van der Waals surface area contributed by atoms with Crippen molar-refractivity contribution in [1.82, 2.24) is 44.4 Å². The zero-order chi connectivity index (χ0) is 21.8. The Bertz CT molecular complexity index is 1260. The van der Waals surface area contributed by atoms with Crippen molar-refractivity contribution in [3.8, 4) is 6.01 Å². The Balaban J connectivity index is 1.33. The highest BCUT2D eigenvalue weighted by Crippen LogP contribution is 2.37. The molecule has 0 radical (unpaired) electrons. The molecule has 14 nitrogen and oxygen atoms in total. The zero-order valence-electron chi connectivity index (χ0n) is 16.4. The first-order valence-electron chi connectivity index (χ1n) is 9.44. The SMILES string of the molecule is CC1(n2cnc3c(N)ncnc32)OC(CNCn2cnc3cnc(O)nc32)C(O)C1O. The van der Waals surface area contributed by atoms with Crippen LogP contribution in [0.4, 0.5) is 5.82 Å². The van der Waals surface area contributed by atoms with Gasteiger partial charge in [0.15, 0.2) is 22.8 Å². The van der Waals surface area contributed by atoms with Gasteiger partial charge in [0, 0.05) is 6.54 Å². The number of ether oxygens (including phenoxy) is 1. The average molecular weight is 428 g/mol. The van der Waals surface area contributed by atoms with Crippen LogP contribution in [0.15, 0.2) is 25.2 Å². The molecule has 14 heteroatoms. The number of nitrogens with one attached hydrogen (secondary N) is 1. The number of aromatic hydroxyl groups is 1. The van der Waals surface area contributed by atoms with Crippen LogP contribution in [-0.4, -0.2) is 79.2 Å². The van der Waals surface area contributed by atoms with Gasteiger partial charge in [0.25, 0.3) is 0 Å². The third-order valence-corrected chi connectivity index (χ3v) is 5.46. The molecule has 5 heterocycles. The van der Waals surface area contributed by atoms with Crippen LogP contribution in [0.5, 0.6) is 6.01 Å². The number of aliphatic hydroxyl groups excluding tert-OH is 2. The number of anilines is 1. The van der Waals surface area contributed by atoms with Crippen LogP contribution in [-0.2, 0) is 17.1 Å². The maximum absolute atomic E-state index is 10.8. The Morgan fingerprint density at radius 3 is 2.84 bits per heavy atom. The van der Waals surface area contributed by atoms with Gasteiger partial charge in [-0.3, -0.25) is 9.88 Å². The number of aliphatic hydroxyl groups is 2. The molecule has 5 rings (SSSR count). The van der Waals surface area contributed by atoms with E-state index in [1.165, 1.54) is 23.4 Å². The topological polar surface area (TPSA) is 195 Å². The second kappa shape index (κ2) is 7.05. The molecule has 1 aliphatic rings. The van der Waals surface area contributed by atoms with Gasteiger partial charge in [-0.05, 0) is 6.92 Å². The normalized spacial score (nSPS) is 26.2. The van der Waals surface area contributed by atoms with E-state index in [-0.39, 0.29) is 25.0 Å². The predicted molar refractivity (Wildman–Crippen MR) is 105 cm³/mol. The van der Waals surface area contributed by atoms with Crippen molar-refractivity contribution in [2.45, 2.75) is 37.6 Å². The van der Waals surface area contributed by atoms with Gasteiger partial charge in [0.1, 0.15) is 35.7 Å². The molecule has 1 fully saturated rings. The maximum atomic E-state index is 10.8. The van der Waals surface area contributed by atoms with Crippen molar-refractivity contribution in [3.63, 3.8) is 0 Å². The minimum Gasteiger partial charge on any atom is -0.479 e. The van der Waals surface area contributed by atoms with Gasteiger partial charge in [0.2, 0.25) is 0 Å². The quantitative estimate of drug-likeness (QED) is 0.242. The van der Waals surface area contributed by atoms with E-state index in [4.69, 9.17) is 10.5 Å². The second-order valence-corrected chi connectivity index (χ2v) is 7.40. The highest BCUT2D eigenvalue weighted by molar-refractivity contribution is 5.81. The molecule has 0 saturated carbocycles. The number of nitrogens with zero attached hydrogens (tertiary/aromatic N) is 8. The molecule has 4 aromatic heterocycles. The monoisotopic (exact) mass is 428 g/mol. The highest BCUT2D eigenvalue weighted by atomic mass is 16.6. The molecule has 31 heavy (non-hydrogen) atoms. The summed E-state index contributed by atoms with van der Waals surface area (Å²) in [6, 6.07) is -0.348. The molecule has 0 aromatic carbocycles. The van der Waals surface area contributed by atoms with Gasteiger partial charge in [-0.2, -0.15) is 4.98 Å². The smallest absolute Gasteiger partial charge is 0.315 e. The van der Waals surface area contributed by atoms with Gasteiger partial charge in [-0.15, -0.1) is 0 Å². The van der Waals surface area contributed by atoms with Crippen molar-refractivity contribution >= 4 is 28.1 Å². The van der Waals surface area contributed by atoms with E-state index < -0.39 is 24.0 Å². The summed E-state index contributed by atoms with van der Waals surface area (Å²) in [7, 11) is 0. The van der Waals surface area contributed by atoms with Crippen LogP contribution in [0.25, 0.3) is 22.3 Å². The number of nitrogens with two attached hydrogens (primary N) is 1. The summed E-state index contributed by atoms with van der Waals surface area (Å²) in [6.07, 6.45) is 2.59. The fraction of sp³-hybridized carbons (Fsp3) is 0.412. The summed E-state index contributed by atoms with van der Waals surface area (Å²) in [5.41, 5.74) is 6.29. The predicted octanol–water partition coefficient (Wildman–Crippen LogP) is -1.71. The lowest BCUT2D eigenvalue weighted by molar-refractivity contribution is -0.124. The summed E-state index contributed by atoms with van der Waals surface area (Å²) in [4.78, 5) is 24.1.